The van der Waals surface area contributed by atoms with Gasteiger partial charge < -0.3 is 9.64 Å². The van der Waals surface area contributed by atoms with Gasteiger partial charge in [-0.2, -0.15) is 0 Å². The molecule has 0 atom stereocenters. The van der Waals surface area contributed by atoms with Crippen LogP contribution in [-0.2, 0) is 9.53 Å². The van der Waals surface area contributed by atoms with E-state index in [1.165, 1.54) is 11.8 Å². The minimum Gasteiger partial charge on any atom is -0.378 e. The molecule has 1 aliphatic rings. The molecule has 1 fully saturated rings. The van der Waals surface area contributed by atoms with E-state index >= 15 is 0 Å². The van der Waals surface area contributed by atoms with E-state index in [4.69, 9.17) is 9.72 Å². The van der Waals surface area contributed by atoms with Crippen LogP contribution >= 0.6 is 11.8 Å². The summed E-state index contributed by atoms with van der Waals surface area (Å²) in [4.78, 5) is 19.4. The number of pyridine rings is 1. The van der Waals surface area contributed by atoms with E-state index in [1.807, 2.05) is 69.1 Å². The average molecular weight is 451 g/mol. The summed E-state index contributed by atoms with van der Waals surface area (Å²) >= 11 is 1.49. The normalized spacial score (nSPS) is 16.3. The third kappa shape index (κ3) is 8.13. The van der Waals surface area contributed by atoms with Crippen molar-refractivity contribution in [3.05, 3.63) is 84.2 Å². The summed E-state index contributed by atoms with van der Waals surface area (Å²) in [6, 6.07) is 4.18. The maximum atomic E-state index is 12.6. The Hall–Kier alpha value is -2.63. The summed E-state index contributed by atoms with van der Waals surface area (Å²) in [5.41, 5.74) is 4.11. The van der Waals surface area contributed by atoms with Crippen LogP contribution < -0.4 is 0 Å². The Morgan fingerprint density at radius 3 is 2.41 bits per heavy atom. The number of aromatic nitrogens is 1. The first kappa shape index (κ1) is 25.6. The van der Waals surface area contributed by atoms with Gasteiger partial charge in [0.15, 0.2) is 0 Å². The molecular formula is C27H34N2O2S. The van der Waals surface area contributed by atoms with Gasteiger partial charge in [0.25, 0.3) is 0 Å². The average Bonchev–Trinajstić information content (AvgIpc) is 2.83. The maximum Gasteiger partial charge on any atom is 0.233 e. The molecule has 2 heterocycles. The molecule has 32 heavy (non-hydrogen) atoms. The minimum absolute atomic E-state index is 0.129. The van der Waals surface area contributed by atoms with E-state index in [1.54, 1.807) is 0 Å². The second-order valence-electron chi connectivity index (χ2n) is 7.14. The number of carbonyl (C=O) groups excluding carboxylic acids is 1. The highest BCUT2D eigenvalue weighted by Gasteiger charge is 2.17. The molecule has 0 aromatic carbocycles. The molecule has 0 N–H and O–H groups in total. The molecule has 0 aliphatic carbocycles. The quantitative estimate of drug-likeness (QED) is 0.337. The highest BCUT2D eigenvalue weighted by molar-refractivity contribution is 7.99. The molecule has 0 saturated carbocycles. The Balaban J connectivity index is 2.39. The molecule has 1 amide bonds. The number of hydrogen-bond donors (Lipinski definition) is 0. The molecule has 170 valence electrons. The third-order valence-corrected chi connectivity index (χ3v) is 5.74. The van der Waals surface area contributed by atoms with E-state index in [0.29, 0.717) is 32.1 Å². The van der Waals surface area contributed by atoms with Gasteiger partial charge in [0.1, 0.15) is 0 Å². The first-order valence-corrected chi connectivity index (χ1v) is 12.0. The van der Waals surface area contributed by atoms with Gasteiger partial charge in [-0.1, -0.05) is 72.5 Å². The fraction of sp³-hybridized carbons (Fsp3) is 0.333. The molecule has 1 aromatic heterocycles. The number of thioether (sulfide) groups is 1. The number of morpholine rings is 1. The van der Waals surface area contributed by atoms with Gasteiger partial charge in [0, 0.05) is 13.1 Å². The van der Waals surface area contributed by atoms with E-state index in [2.05, 4.69) is 36.4 Å². The van der Waals surface area contributed by atoms with Crippen molar-refractivity contribution in [1.82, 2.24) is 9.88 Å². The Kier molecular flexibility index (Phi) is 11.6. The molecule has 4 nitrogen and oxygen atoms in total. The number of amides is 1. The summed E-state index contributed by atoms with van der Waals surface area (Å²) in [6.45, 7) is 10.6. The SMILES string of the molecule is C\C=C/C=C\C(=C/C)c1cc(SCC(=O)N2CCOCC2)nc(C(/C=C\C)=C/C=C\C)c1. The van der Waals surface area contributed by atoms with Crippen LogP contribution in [-0.4, -0.2) is 47.8 Å². The lowest BCUT2D eigenvalue weighted by molar-refractivity contribution is -0.132. The number of ether oxygens (including phenoxy) is 1. The summed E-state index contributed by atoms with van der Waals surface area (Å²) in [5.74, 6) is 0.497. The molecule has 5 heteroatoms. The Bertz CT molecular complexity index is 933. The predicted molar refractivity (Wildman–Crippen MR) is 138 cm³/mol. The van der Waals surface area contributed by atoms with Crippen LogP contribution in [0.2, 0.25) is 0 Å². The molecule has 1 aromatic rings. The van der Waals surface area contributed by atoms with E-state index in [-0.39, 0.29) is 5.91 Å². The Morgan fingerprint density at radius 2 is 1.75 bits per heavy atom. The van der Waals surface area contributed by atoms with Crippen molar-refractivity contribution < 1.29 is 9.53 Å². The van der Waals surface area contributed by atoms with Crippen molar-refractivity contribution in [3.8, 4) is 0 Å². The molecule has 0 radical (unpaired) electrons. The van der Waals surface area contributed by atoms with Gasteiger partial charge in [0.05, 0.1) is 29.7 Å². The lowest BCUT2D eigenvalue weighted by Crippen LogP contribution is -2.41. The summed E-state index contributed by atoms with van der Waals surface area (Å²) in [5, 5.41) is 0.841. The zero-order valence-corrected chi connectivity index (χ0v) is 20.4. The topological polar surface area (TPSA) is 42.4 Å². The maximum absolute atomic E-state index is 12.6. The second kappa shape index (κ2) is 14.4. The van der Waals surface area contributed by atoms with Crippen molar-refractivity contribution in [2.45, 2.75) is 32.7 Å². The van der Waals surface area contributed by atoms with E-state index in [9.17, 15) is 4.79 Å². The zero-order chi connectivity index (χ0) is 23.2. The zero-order valence-electron chi connectivity index (χ0n) is 19.6. The van der Waals surface area contributed by atoms with Crippen LogP contribution in [0.1, 0.15) is 39.0 Å². The van der Waals surface area contributed by atoms with Gasteiger partial charge in [-0.3, -0.25) is 4.79 Å². The minimum atomic E-state index is 0.129. The molecule has 2 rings (SSSR count). The fourth-order valence-corrected chi connectivity index (χ4v) is 4.00. The molecule has 0 bridgehead atoms. The van der Waals surface area contributed by atoms with Crippen molar-refractivity contribution in [1.29, 1.82) is 0 Å². The van der Waals surface area contributed by atoms with Crippen molar-refractivity contribution in [2.24, 2.45) is 0 Å². The number of allylic oxidation sites excluding steroid dienone is 12. The number of hydrogen-bond acceptors (Lipinski definition) is 4. The second-order valence-corrected chi connectivity index (χ2v) is 8.13. The predicted octanol–water partition coefficient (Wildman–Crippen LogP) is 6.10. The lowest BCUT2D eigenvalue weighted by atomic mass is 10.0. The van der Waals surface area contributed by atoms with Crippen molar-refractivity contribution in [3.63, 3.8) is 0 Å². The third-order valence-electron chi connectivity index (χ3n) is 4.84. The molecule has 1 saturated heterocycles. The number of nitrogens with zero attached hydrogens (tertiary/aromatic N) is 2. The van der Waals surface area contributed by atoms with Crippen molar-refractivity contribution in [2.75, 3.05) is 32.1 Å². The van der Waals surface area contributed by atoms with Crippen molar-refractivity contribution >= 4 is 28.8 Å². The van der Waals surface area contributed by atoms with Crippen LogP contribution in [0.25, 0.3) is 11.1 Å². The van der Waals surface area contributed by atoms with Gasteiger partial charge in [-0.15, -0.1) is 0 Å². The van der Waals surface area contributed by atoms with Gasteiger partial charge >= 0.3 is 0 Å². The van der Waals surface area contributed by atoms with Crippen LogP contribution in [0.5, 0.6) is 0 Å². The smallest absolute Gasteiger partial charge is 0.233 e. The van der Waals surface area contributed by atoms with Gasteiger partial charge in [-0.25, -0.2) is 4.98 Å². The van der Waals surface area contributed by atoms with Crippen LogP contribution in [0.15, 0.2) is 77.9 Å². The lowest BCUT2D eigenvalue weighted by Gasteiger charge is -2.26. The van der Waals surface area contributed by atoms with Crippen LogP contribution in [0, 0.1) is 0 Å². The Morgan fingerprint density at radius 1 is 1.00 bits per heavy atom. The molecule has 1 aliphatic heterocycles. The highest BCUT2D eigenvalue weighted by atomic mass is 32.2. The Labute approximate surface area is 197 Å². The largest absolute Gasteiger partial charge is 0.378 e. The standard InChI is InChI=1S/C27H34N2O2S/c1-5-9-11-14-22(8-4)24-19-25(23(12-7-3)13-10-6-2)28-26(20-24)32-21-27(30)29-15-17-31-18-16-29/h5-14,19-20H,15-18,21H2,1-4H3/b9-5-,10-6-,12-7-,14-11-,22-8+,23-13+. The summed E-state index contributed by atoms with van der Waals surface area (Å²) in [6.07, 6.45) is 20.4. The molecule has 0 unspecified atom stereocenters. The number of rotatable bonds is 9. The van der Waals surface area contributed by atoms with Crippen LogP contribution in [0.3, 0.4) is 0 Å². The molecular weight excluding hydrogens is 416 g/mol. The fourth-order valence-electron chi connectivity index (χ4n) is 3.17. The van der Waals surface area contributed by atoms with Gasteiger partial charge in [0.2, 0.25) is 5.91 Å². The van der Waals surface area contributed by atoms with E-state index < -0.39 is 0 Å². The molecule has 0 spiro atoms. The monoisotopic (exact) mass is 450 g/mol. The van der Waals surface area contributed by atoms with Crippen LogP contribution in [0.4, 0.5) is 0 Å². The number of carbonyl (C=O) groups is 1. The summed E-state index contributed by atoms with van der Waals surface area (Å²) in [7, 11) is 0. The first-order valence-electron chi connectivity index (χ1n) is 11.0. The first-order chi connectivity index (χ1) is 15.6. The van der Waals surface area contributed by atoms with Gasteiger partial charge in [-0.05, 0) is 56.5 Å². The van der Waals surface area contributed by atoms with E-state index in [0.717, 1.165) is 27.4 Å². The highest BCUT2D eigenvalue weighted by Crippen LogP contribution is 2.27. The summed E-state index contributed by atoms with van der Waals surface area (Å²) < 4.78 is 5.36.